The molecule has 0 radical (unpaired) electrons. The second-order valence-corrected chi connectivity index (χ2v) is 7.16. The van der Waals surface area contributed by atoms with E-state index in [0.717, 1.165) is 11.4 Å². The van der Waals surface area contributed by atoms with Crippen molar-refractivity contribution in [2.45, 2.75) is 13.8 Å². The van der Waals surface area contributed by atoms with Gasteiger partial charge in [0, 0.05) is 21.5 Å². The molecule has 6 heteroatoms. The minimum absolute atomic E-state index is 0.0274. The molecule has 0 aliphatic heterocycles. The van der Waals surface area contributed by atoms with Crippen molar-refractivity contribution < 1.29 is 9.18 Å². The number of hydrogen-bond acceptors (Lipinski definition) is 2. The van der Waals surface area contributed by atoms with E-state index in [1.165, 1.54) is 12.1 Å². The van der Waals surface area contributed by atoms with Crippen LogP contribution in [0.5, 0.6) is 0 Å². The van der Waals surface area contributed by atoms with Crippen molar-refractivity contribution in [2.75, 3.05) is 5.32 Å². The van der Waals surface area contributed by atoms with E-state index in [1.54, 1.807) is 41.0 Å². The Bertz CT molecular complexity index is 1110. The lowest BCUT2D eigenvalue weighted by atomic mass is 10.1. The molecule has 1 amide bonds. The van der Waals surface area contributed by atoms with Crippen LogP contribution in [0.15, 0.2) is 64.6 Å². The van der Waals surface area contributed by atoms with Crippen LogP contribution in [-0.2, 0) is 4.79 Å². The van der Waals surface area contributed by atoms with Crippen LogP contribution in [0.25, 0.3) is 11.8 Å². The van der Waals surface area contributed by atoms with Crippen molar-refractivity contribution in [3.8, 4) is 11.8 Å². The Hall–Kier alpha value is -3.17. The fourth-order valence-corrected chi connectivity index (χ4v) is 3.32. The van der Waals surface area contributed by atoms with Gasteiger partial charge in [-0.25, -0.2) is 4.39 Å². The van der Waals surface area contributed by atoms with Gasteiger partial charge in [0.1, 0.15) is 17.5 Å². The standard InChI is InChI=1S/C22H17BrFN3O/c1-14-10-16(15(2)27(14)21-9-8-18(23)12-20(21)24)11-17(13-25)22(28)26-19-6-4-3-5-7-19/h3-12H,1-2H3,(H,26,28)/b17-11-. The lowest BCUT2D eigenvalue weighted by Gasteiger charge is -2.11. The average molecular weight is 438 g/mol. The zero-order valence-electron chi connectivity index (χ0n) is 15.3. The smallest absolute Gasteiger partial charge is 0.266 e. The highest BCUT2D eigenvalue weighted by Crippen LogP contribution is 2.26. The number of carbonyl (C=O) groups excluding carboxylic acids is 1. The molecule has 0 saturated heterocycles. The van der Waals surface area contributed by atoms with Gasteiger partial charge < -0.3 is 9.88 Å². The lowest BCUT2D eigenvalue weighted by molar-refractivity contribution is -0.112. The number of nitrogens with one attached hydrogen (secondary N) is 1. The third-order valence-electron chi connectivity index (χ3n) is 4.32. The lowest BCUT2D eigenvalue weighted by Crippen LogP contribution is -2.13. The molecule has 3 rings (SSSR count). The molecule has 4 nitrogen and oxygen atoms in total. The summed E-state index contributed by atoms with van der Waals surface area (Å²) >= 11 is 3.26. The third-order valence-corrected chi connectivity index (χ3v) is 4.81. The molecule has 140 valence electrons. The zero-order valence-corrected chi connectivity index (χ0v) is 16.9. The number of anilines is 1. The maximum Gasteiger partial charge on any atom is 0.266 e. The molecule has 28 heavy (non-hydrogen) atoms. The molecule has 3 aromatic rings. The van der Waals surface area contributed by atoms with E-state index in [2.05, 4.69) is 21.2 Å². The van der Waals surface area contributed by atoms with Gasteiger partial charge in [-0.2, -0.15) is 5.26 Å². The SMILES string of the molecule is Cc1cc(/C=C(/C#N)C(=O)Nc2ccccc2)c(C)n1-c1ccc(Br)cc1F. The quantitative estimate of drug-likeness (QED) is 0.430. The van der Waals surface area contributed by atoms with Crippen LogP contribution in [0.4, 0.5) is 10.1 Å². The van der Waals surface area contributed by atoms with E-state index in [9.17, 15) is 14.4 Å². The number of nitriles is 1. The summed E-state index contributed by atoms with van der Waals surface area (Å²) in [5.74, 6) is -0.859. The number of amides is 1. The van der Waals surface area contributed by atoms with E-state index in [-0.39, 0.29) is 11.4 Å². The fourth-order valence-electron chi connectivity index (χ4n) is 2.99. The number of hydrogen-bond donors (Lipinski definition) is 1. The van der Waals surface area contributed by atoms with Crippen LogP contribution in [0.2, 0.25) is 0 Å². The number of benzene rings is 2. The largest absolute Gasteiger partial charge is 0.321 e. The van der Waals surface area contributed by atoms with Crippen LogP contribution >= 0.6 is 15.9 Å². The van der Waals surface area contributed by atoms with Crippen molar-refractivity contribution in [2.24, 2.45) is 0 Å². The maximum absolute atomic E-state index is 14.4. The molecule has 1 N–H and O–H groups in total. The Labute approximate surface area is 171 Å². The normalized spacial score (nSPS) is 11.2. The summed E-state index contributed by atoms with van der Waals surface area (Å²) in [4.78, 5) is 12.4. The predicted molar refractivity (Wildman–Crippen MR) is 112 cm³/mol. The van der Waals surface area contributed by atoms with Crippen LogP contribution in [0.3, 0.4) is 0 Å². The molecule has 0 saturated carbocycles. The highest BCUT2D eigenvalue weighted by molar-refractivity contribution is 9.10. The highest BCUT2D eigenvalue weighted by Gasteiger charge is 2.16. The van der Waals surface area contributed by atoms with Gasteiger partial charge in [-0.15, -0.1) is 0 Å². The molecule has 2 aromatic carbocycles. The number of aryl methyl sites for hydroxylation is 1. The third kappa shape index (κ3) is 4.05. The first kappa shape index (κ1) is 19.6. The van der Waals surface area contributed by atoms with Crippen molar-refractivity contribution in [3.05, 3.63) is 87.4 Å². The van der Waals surface area contributed by atoms with E-state index >= 15 is 0 Å². The van der Waals surface area contributed by atoms with E-state index < -0.39 is 5.91 Å². The summed E-state index contributed by atoms with van der Waals surface area (Å²) in [6, 6.07) is 17.5. The number of para-hydroxylation sites is 1. The molecule has 0 atom stereocenters. The molecule has 0 unspecified atom stereocenters. The molecule has 1 aromatic heterocycles. The van der Waals surface area contributed by atoms with Crippen molar-refractivity contribution in [1.82, 2.24) is 4.57 Å². The fraction of sp³-hybridized carbons (Fsp3) is 0.0909. The molecule has 1 heterocycles. The Morgan fingerprint density at radius 2 is 1.89 bits per heavy atom. The van der Waals surface area contributed by atoms with Gasteiger partial charge in [0.05, 0.1) is 5.69 Å². The molecule has 0 spiro atoms. The summed E-state index contributed by atoms with van der Waals surface area (Å²) in [6.07, 6.45) is 1.52. The molecular weight excluding hydrogens is 421 g/mol. The Morgan fingerprint density at radius 1 is 1.18 bits per heavy atom. The topological polar surface area (TPSA) is 57.8 Å². The summed E-state index contributed by atoms with van der Waals surface area (Å²) in [6.45, 7) is 3.67. The average Bonchev–Trinajstić information content (AvgIpc) is 2.94. The van der Waals surface area contributed by atoms with Gasteiger partial charge in [0.2, 0.25) is 0 Å². The summed E-state index contributed by atoms with van der Waals surface area (Å²) < 4.78 is 16.8. The number of nitrogens with zero attached hydrogens (tertiary/aromatic N) is 2. The first-order valence-corrected chi connectivity index (χ1v) is 9.32. The minimum Gasteiger partial charge on any atom is -0.321 e. The summed E-state index contributed by atoms with van der Waals surface area (Å²) in [7, 11) is 0. The van der Waals surface area contributed by atoms with Crippen LogP contribution < -0.4 is 5.32 Å². The summed E-state index contributed by atoms with van der Waals surface area (Å²) in [5.41, 5.74) is 3.20. The first-order valence-electron chi connectivity index (χ1n) is 8.53. The minimum atomic E-state index is -0.492. The number of halogens is 2. The Morgan fingerprint density at radius 3 is 2.54 bits per heavy atom. The first-order chi connectivity index (χ1) is 13.4. The van der Waals surface area contributed by atoms with Crippen molar-refractivity contribution in [1.29, 1.82) is 5.26 Å². The second kappa shape index (κ2) is 8.24. The highest BCUT2D eigenvalue weighted by atomic mass is 79.9. The Balaban J connectivity index is 1.97. The van der Waals surface area contributed by atoms with Gasteiger partial charge in [-0.3, -0.25) is 4.79 Å². The molecule has 0 aliphatic carbocycles. The summed E-state index contributed by atoms with van der Waals surface area (Å²) in [5, 5.41) is 12.1. The molecule has 0 fully saturated rings. The van der Waals surface area contributed by atoms with E-state index in [1.807, 2.05) is 32.0 Å². The van der Waals surface area contributed by atoms with Gasteiger partial charge in [0.15, 0.2) is 0 Å². The van der Waals surface area contributed by atoms with Crippen molar-refractivity contribution in [3.63, 3.8) is 0 Å². The monoisotopic (exact) mass is 437 g/mol. The second-order valence-electron chi connectivity index (χ2n) is 6.25. The van der Waals surface area contributed by atoms with E-state index in [0.29, 0.717) is 21.4 Å². The van der Waals surface area contributed by atoms with Gasteiger partial charge >= 0.3 is 0 Å². The maximum atomic E-state index is 14.4. The zero-order chi connectivity index (χ0) is 20.3. The van der Waals surface area contributed by atoms with Gasteiger partial charge in [0.25, 0.3) is 5.91 Å². The van der Waals surface area contributed by atoms with Crippen molar-refractivity contribution >= 4 is 33.6 Å². The number of aromatic nitrogens is 1. The predicted octanol–water partition coefficient (Wildman–Crippen LogP) is 5.54. The van der Waals surface area contributed by atoms with Crippen LogP contribution in [-0.4, -0.2) is 10.5 Å². The van der Waals surface area contributed by atoms with Crippen LogP contribution in [0.1, 0.15) is 17.0 Å². The molecule has 0 aliphatic rings. The molecular formula is C22H17BrFN3O. The molecule has 0 bridgehead atoms. The van der Waals surface area contributed by atoms with Crippen LogP contribution in [0, 0.1) is 31.0 Å². The van der Waals surface area contributed by atoms with Gasteiger partial charge in [-0.1, -0.05) is 34.1 Å². The number of rotatable bonds is 4. The van der Waals surface area contributed by atoms with Gasteiger partial charge in [-0.05, 0) is 61.9 Å². The van der Waals surface area contributed by atoms with E-state index in [4.69, 9.17) is 0 Å². The Kier molecular flexibility index (Phi) is 5.76. The number of carbonyl (C=O) groups is 1.